The van der Waals surface area contributed by atoms with Crippen molar-refractivity contribution >= 4 is 27.0 Å². The molecule has 0 aliphatic carbocycles. The molecule has 2 aromatic heterocycles. The Labute approximate surface area is 133 Å². The highest BCUT2D eigenvalue weighted by Crippen LogP contribution is 2.23. The zero-order chi connectivity index (χ0) is 16.6. The first kappa shape index (κ1) is 15.2. The maximum Gasteiger partial charge on any atom is 0.419 e. The standard InChI is InChI=1S/C16H14N2O4S/c1-22-16(19)18-10-9-12-5-8-14(17-15(12)18)11-3-6-13(7-4-11)23(2,20)21/h3-10H,1-2H3. The number of benzene rings is 1. The van der Waals surface area contributed by atoms with E-state index in [0.29, 0.717) is 11.3 Å². The number of fused-ring (bicyclic) bond motifs is 1. The van der Waals surface area contributed by atoms with Crippen molar-refractivity contribution in [2.24, 2.45) is 0 Å². The van der Waals surface area contributed by atoms with E-state index in [4.69, 9.17) is 4.74 Å². The third kappa shape index (κ3) is 2.83. The van der Waals surface area contributed by atoms with Gasteiger partial charge in [-0.05, 0) is 30.3 Å². The Hall–Kier alpha value is -2.67. The van der Waals surface area contributed by atoms with Crippen LogP contribution >= 0.6 is 0 Å². The summed E-state index contributed by atoms with van der Waals surface area (Å²) >= 11 is 0. The van der Waals surface area contributed by atoms with Crippen molar-refractivity contribution in [3.63, 3.8) is 0 Å². The lowest BCUT2D eigenvalue weighted by Crippen LogP contribution is -2.10. The van der Waals surface area contributed by atoms with Gasteiger partial charge in [0.1, 0.15) is 5.65 Å². The Bertz CT molecular complexity index is 989. The van der Waals surface area contributed by atoms with Crippen molar-refractivity contribution in [3.8, 4) is 11.3 Å². The molecule has 0 unspecified atom stereocenters. The van der Waals surface area contributed by atoms with Crippen molar-refractivity contribution in [1.82, 2.24) is 9.55 Å². The Morgan fingerprint density at radius 2 is 1.78 bits per heavy atom. The van der Waals surface area contributed by atoms with E-state index in [1.807, 2.05) is 12.1 Å². The van der Waals surface area contributed by atoms with Gasteiger partial charge in [-0.3, -0.25) is 0 Å². The SMILES string of the molecule is COC(=O)n1ccc2ccc(-c3ccc(S(C)(=O)=O)cc3)nc21. The van der Waals surface area contributed by atoms with E-state index in [-0.39, 0.29) is 4.90 Å². The predicted octanol–water partition coefficient (Wildman–Crippen LogP) is 2.72. The Morgan fingerprint density at radius 3 is 2.39 bits per heavy atom. The summed E-state index contributed by atoms with van der Waals surface area (Å²) in [4.78, 5) is 16.5. The Kier molecular flexibility index (Phi) is 3.65. The maximum atomic E-state index is 11.7. The molecular weight excluding hydrogens is 316 g/mol. The molecule has 0 fully saturated rings. The number of nitrogens with zero attached hydrogens (tertiary/aromatic N) is 2. The largest absolute Gasteiger partial charge is 0.452 e. The molecule has 0 radical (unpaired) electrons. The van der Waals surface area contributed by atoms with E-state index in [9.17, 15) is 13.2 Å². The molecule has 3 aromatic rings. The smallest absolute Gasteiger partial charge is 0.419 e. The fourth-order valence-electron chi connectivity index (χ4n) is 2.29. The van der Waals surface area contributed by atoms with Gasteiger partial charge in [0.15, 0.2) is 9.84 Å². The summed E-state index contributed by atoms with van der Waals surface area (Å²) in [5, 5.41) is 0.812. The number of rotatable bonds is 2. The minimum absolute atomic E-state index is 0.250. The highest BCUT2D eigenvalue weighted by molar-refractivity contribution is 7.90. The normalized spacial score (nSPS) is 11.6. The van der Waals surface area contributed by atoms with Crippen LogP contribution < -0.4 is 0 Å². The second-order valence-corrected chi connectivity index (χ2v) is 7.08. The Morgan fingerprint density at radius 1 is 1.09 bits per heavy atom. The van der Waals surface area contributed by atoms with Crippen LogP contribution in [-0.4, -0.2) is 37.4 Å². The molecule has 0 N–H and O–H groups in total. The number of sulfone groups is 1. The first-order valence-electron chi connectivity index (χ1n) is 6.77. The van der Waals surface area contributed by atoms with Gasteiger partial charge in [-0.15, -0.1) is 0 Å². The summed E-state index contributed by atoms with van der Waals surface area (Å²) in [7, 11) is -1.93. The van der Waals surface area contributed by atoms with E-state index in [1.165, 1.54) is 23.8 Å². The predicted molar refractivity (Wildman–Crippen MR) is 86.1 cm³/mol. The van der Waals surface area contributed by atoms with Gasteiger partial charge in [0, 0.05) is 23.4 Å². The van der Waals surface area contributed by atoms with Crippen LogP contribution in [0, 0.1) is 0 Å². The van der Waals surface area contributed by atoms with Gasteiger partial charge in [-0.2, -0.15) is 0 Å². The summed E-state index contributed by atoms with van der Waals surface area (Å²) < 4.78 is 29.0. The summed E-state index contributed by atoms with van der Waals surface area (Å²) in [5.74, 6) is 0. The highest BCUT2D eigenvalue weighted by Gasteiger charge is 2.12. The molecule has 0 spiro atoms. The zero-order valence-corrected chi connectivity index (χ0v) is 13.4. The summed E-state index contributed by atoms with van der Waals surface area (Å²) in [6.45, 7) is 0. The average molecular weight is 330 g/mol. The number of ether oxygens (including phenoxy) is 1. The molecule has 0 aliphatic heterocycles. The summed E-state index contributed by atoms with van der Waals surface area (Å²) in [6, 6.07) is 11.9. The summed E-state index contributed by atoms with van der Waals surface area (Å²) in [5.41, 5.74) is 1.89. The number of carbonyl (C=O) groups excluding carboxylic acids is 1. The molecular formula is C16H14N2O4S. The second-order valence-electron chi connectivity index (χ2n) is 5.06. The van der Waals surface area contributed by atoms with Crippen molar-refractivity contribution in [2.75, 3.05) is 13.4 Å². The monoisotopic (exact) mass is 330 g/mol. The van der Waals surface area contributed by atoms with Crippen LogP contribution in [0.1, 0.15) is 0 Å². The van der Waals surface area contributed by atoms with Crippen molar-refractivity contribution in [3.05, 3.63) is 48.7 Å². The van der Waals surface area contributed by atoms with E-state index in [2.05, 4.69) is 4.98 Å². The molecule has 1 aromatic carbocycles. The van der Waals surface area contributed by atoms with E-state index in [0.717, 1.165) is 17.2 Å². The van der Waals surface area contributed by atoms with Gasteiger partial charge >= 0.3 is 6.09 Å². The minimum Gasteiger partial charge on any atom is -0.452 e. The van der Waals surface area contributed by atoms with Gasteiger partial charge in [0.2, 0.25) is 0 Å². The molecule has 0 aliphatic rings. The van der Waals surface area contributed by atoms with Crippen LogP contribution in [-0.2, 0) is 14.6 Å². The minimum atomic E-state index is -3.23. The number of hydrogen-bond acceptors (Lipinski definition) is 5. The summed E-state index contributed by atoms with van der Waals surface area (Å²) in [6.07, 6.45) is 2.24. The lowest BCUT2D eigenvalue weighted by molar-refractivity contribution is 0.174. The fourth-order valence-corrected chi connectivity index (χ4v) is 2.92. The molecule has 2 heterocycles. The van der Waals surface area contributed by atoms with Crippen LogP contribution in [0.3, 0.4) is 0 Å². The topological polar surface area (TPSA) is 78.3 Å². The lowest BCUT2D eigenvalue weighted by Gasteiger charge is -2.05. The van der Waals surface area contributed by atoms with Crippen LogP contribution in [0.25, 0.3) is 22.3 Å². The molecule has 0 saturated heterocycles. The zero-order valence-electron chi connectivity index (χ0n) is 12.6. The molecule has 7 heteroatoms. The lowest BCUT2D eigenvalue weighted by atomic mass is 10.1. The van der Waals surface area contributed by atoms with Crippen LogP contribution in [0.15, 0.2) is 53.6 Å². The molecule has 0 bridgehead atoms. The van der Waals surface area contributed by atoms with Crippen molar-refractivity contribution in [2.45, 2.75) is 4.90 Å². The third-order valence-corrected chi connectivity index (χ3v) is 4.61. The van der Waals surface area contributed by atoms with Crippen LogP contribution in [0.5, 0.6) is 0 Å². The highest BCUT2D eigenvalue weighted by atomic mass is 32.2. The molecule has 0 amide bonds. The van der Waals surface area contributed by atoms with E-state index < -0.39 is 15.9 Å². The quantitative estimate of drug-likeness (QED) is 0.722. The van der Waals surface area contributed by atoms with Gasteiger partial charge in [-0.1, -0.05) is 12.1 Å². The number of aromatic nitrogens is 2. The molecule has 23 heavy (non-hydrogen) atoms. The van der Waals surface area contributed by atoms with Gasteiger partial charge in [0.25, 0.3) is 0 Å². The number of pyridine rings is 1. The first-order valence-corrected chi connectivity index (χ1v) is 8.66. The number of hydrogen-bond donors (Lipinski definition) is 0. The average Bonchev–Trinajstić information content (AvgIpc) is 2.96. The fraction of sp³-hybridized carbons (Fsp3) is 0.125. The van der Waals surface area contributed by atoms with Gasteiger partial charge in [0.05, 0.1) is 17.7 Å². The second kappa shape index (κ2) is 5.51. The van der Waals surface area contributed by atoms with Gasteiger partial charge < -0.3 is 4.74 Å². The molecule has 6 nitrogen and oxygen atoms in total. The molecule has 0 saturated carbocycles. The first-order chi connectivity index (χ1) is 10.9. The van der Waals surface area contributed by atoms with Crippen LogP contribution in [0.4, 0.5) is 4.79 Å². The molecule has 3 rings (SSSR count). The van der Waals surface area contributed by atoms with E-state index >= 15 is 0 Å². The van der Waals surface area contributed by atoms with E-state index in [1.54, 1.807) is 24.4 Å². The molecule has 0 atom stereocenters. The third-order valence-electron chi connectivity index (χ3n) is 3.49. The van der Waals surface area contributed by atoms with Crippen molar-refractivity contribution in [1.29, 1.82) is 0 Å². The number of carbonyl (C=O) groups is 1. The molecule has 118 valence electrons. The number of methoxy groups -OCH3 is 1. The van der Waals surface area contributed by atoms with Crippen LogP contribution in [0.2, 0.25) is 0 Å². The van der Waals surface area contributed by atoms with Gasteiger partial charge in [-0.25, -0.2) is 22.8 Å². The Balaban J connectivity index is 2.08. The maximum absolute atomic E-state index is 11.7. The van der Waals surface area contributed by atoms with Crippen molar-refractivity contribution < 1.29 is 17.9 Å².